The first kappa shape index (κ1) is 15.1. The zero-order valence-electron chi connectivity index (χ0n) is 13.9. The van der Waals surface area contributed by atoms with Crippen LogP contribution in [0, 0.1) is 18.3 Å². The van der Waals surface area contributed by atoms with E-state index in [2.05, 4.69) is 30.7 Å². The topological polar surface area (TPSA) is 79.9 Å². The predicted octanol–water partition coefficient (Wildman–Crippen LogP) is 1.77. The number of methoxy groups -OCH3 is 1. The summed E-state index contributed by atoms with van der Waals surface area (Å²) in [7, 11) is 1.73. The maximum atomic E-state index is 9.57. The summed E-state index contributed by atoms with van der Waals surface area (Å²) in [6.07, 6.45) is 4.79. The first-order chi connectivity index (χ1) is 11.7. The highest BCUT2D eigenvalue weighted by atomic mass is 16.5. The number of hydrogen-bond acceptors (Lipinski definition) is 6. The van der Waals surface area contributed by atoms with Crippen LogP contribution in [0.1, 0.15) is 41.7 Å². The van der Waals surface area contributed by atoms with Gasteiger partial charge >= 0.3 is 0 Å². The molecule has 7 heteroatoms. The highest BCUT2D eigenvalue weighted by Gasteiger charge is 2.39. The van der Waals surface area contributed by atoms with Gasteiger partial charge in [0, 0.05) is 39.2 Å². The van der Waals surface area contributed by atoms with Crippen LogP contribution >= 0.6 is 0 Å². The normalized spacial score (nSPS) is 22.6. The van der Waals surface area contributed by atoms with E-state index in [4.69, 9.17) is 4.74 Å². The van der Waals surface area contributed by atoms with Gasteiger partial charge in [-0.1, -0.05) is 0 Å². The van der Waals surface area contributed by atoms with Crippen molar-refractivity contribution in [3.8, 4) is 6.07 Å². The van der Waals surface area contributed by atoms with Crippen LogP contribution < -0.4 is 4.90 Å². The van der Waals surface area contributed by atoms with Crippen molar-refractivity contribution >= 4 is 5.82 Å². The maximum absolute atomic E-state index is 9.57. The van der Waals surface area contributed by atoms with Gasteiger partial charge in [-0.25, -0.2) is 4.98 Å². The van der Waals surface area contributed by atoms with E-state index in [9.17, 15) is 5.26 Å². The Morgan fingerprint density at radius 1 is 1.38 bits per heavy atom. The van der Waals surface area contributed by atoms with E-state index in [1.54, 1.807) is 13.3 Å². The van der Waals surface area contributed by atoms with Gasteiger partial charge in [-0.05, 0) is 25.0 Å². The molecule has 0 unspecified atom stereocenters. The Hall–Kier alpha value is -2.46. The molecule has 0 radical (unpaired) electrons. The molecule has 2 aliphatic heterocycles. The molecule has 1 saturated heterocycles. The molecule has 0 aromatic carbocycles. The van der Waals surface area contributed by atoms with Crippen LogP contribution in [0.3, 0.4) is 0 Å². The van der Waals surface area contributed by atoms with E-state index < -0.39 is 0 Å². The molecule has 7 nitrogen and oxygen atoms in total. The second-order valence-corrected chi connectivity index (χ2v) is 6.43. The summed E-state index contributed by atoms with van der Waals surface area (Å²) in [6.45, 7) is 3.61. The van der Waals surface area contributed by atoms with Gasteiger partial charge in [0.25, 0.3) is 0 Å². The van der Waals surface area contributed by atoms with E-state index in [0.29, 0.717) is 12.1 Å². The molecule has 4 heterocycles. The smallest absolute Gasteiger partial charge is 0.155 e. The monoisotopic (exact) mass is 324 g/mol. The molecule has 0 amide bonds. The minimum Gasteiger partial charge on any atom is -0.380 e. The van der Waals surface area contributed by atoms with Crippen LogP contribution in [0.5, 0.6) is 0 Å². The zero-order valence-corrected chi connectivity index (χ0v) is 13.9. The van der Waals surface area contributed by atoms with Gasteiger partial charge in [0.15, 0.2) is 5.82 Å². The van der Waals surface area contributed by atoms with Crippen LogP contribution in [-0.2, 0) is 17.7 Å². The second kappa shape index (κ2) is 5.87. The summed E-state index contributed by atoms with van der Waals surface area (Å²) < 4.78 is 7.82. The van der Waals surface area contributed by atoms with Gasteiger partial charge in [0.05, 0.1) is 17.7 Å². The number of aromatic nitrogens is 4. The van der Waals surface area contributed by atoms with Crippen molar-refractivity contribution in [1.29, 1.82) is 5.26 Å². The molecular weight excluding hydrogens is 304 g/mol. The van der Waals surface area contributed by atoms with Crippen molar-refractivity contribution in [1.82, 2.24) is 19.7 Å². The molecule has 0 saturated carbocycles. The van der Waals surface area contributed by atoms with Crippen molar-refractivity contribution in [3.63, 3.8) is 0 Å². The van der Waals surface area contributed by atoms with Crippen LogP contribution in [0.25, 0.3) is 0 Å². The number of nitriles is 1. The fourth-order valence-electron chi connectivity index (χ4n) is 3.77. The number of aryl methyl sites for hydroxylation is 2. The van der Waals surface area contributed by atoms with Gasteiger partial charge in [-0.3, -0.25) is 0 Å². The minimum absolute atomic E-state index is 0.0377. The van der Waals surface area contributed by atoms with Crippen molar-refractivity contribution < 1.29 is 4.74 Å². The van der Waals surface area contributed by atoms with E-state index in [1.807, 2.05) is 13.0 Å². The lowest BCUT2D eigenvalue weighted by Gasteiger charge is -2.26. The second-order valence-electron chi connectivity index (χ2n) is 6.43. The minimum atomic E-state index is 0.0377. The molecule has 124 valence electrons. The lowest BCUT2D eigenvalue weighted by molar-refractivity contribution is 0.118. The number of nitrogens with zero attached hydrogens (tertiary/aromatic N) is 6. The Morgan fingerprint density at radius 2 is 2.25 bits per heavy atom. The van der Waals surface area contributed by atoms with Gasteiger partial charge < -0.3 is 14.2 Å². The van der Waals surface area contributed by atoms with Crippen molar-refractivity contribution in [3.05, 3.63) is 35.0 Å². The summed E-state index contributed by atoms with van der Waals surface area (Å²) in [5.41, 5.74) is 1.56. The molecule has 4 rings (SSSR count). The van der Waals surface area contributed by atoms with Crippen LogP contribution in [0.4, 0.5) is 5.82 Å². The van der Waals surface area contributed by atoms with Crippen LogP contribution in [-0.4, -0.2) is 39.5 Å². The third-order valence-corrected chi connectivity index (χ3v) is 5.06. The molecule has 2 aromatic rings. The molecule has 2 aliphatic rings. The van der Waals surface area contributed by atoms with E-state index in [-0.39, 0.29) is 12.1 Å². The summed E-state index contributed by atoms with van der Waals surface area (Å²) in [5, 5.41) is 18.4. The molecule has 24 heavy (non-hydrogen) atoms. The molecule has 1 fully saturated rings. The SMILES string of the molecule is CO[C@@H]1C[C@@H](c2nnc3n2CCC3)N(c2nccc(C)c2C#N)C1. The van der Waals surface area contributed by atoms with Gasteiger partial charge in [0.1, 0.15) is 17.7 Å². The summed E-state index contributed by atoms with van der Waals surface area (Å²) in [6, 6.07) is 4.21. The maximum Gasteiger partial charge on any atom is 0.155 e. The van der Waals surface area contributed by atoms with Gasteiger partial charge in [-0.2, -0.15) is 5.26 Å². The summed E-state index contributed by atoms with van der Waals surface area (Å²) in [4.78, 5) is 6.67. The van der Waals surface area contributed by atoms with Crippen molar-refractivity contribution in [2.75, 3.05) is 18.6 Å². The summed E-state index contributed by atoms with van der Waals surface area (Å²) >= 11 is 0. The average Bonchev–Trinajstić information content (AvgIpc) is 3.29. The van der Waals surface area contributed by atoms with Gasteiger partial charge in [-0.15, -0.1) is 10.2 Å². The van der Waals surface area contributed by atoms with Crippen LogP contribution in [0.15, 0.2) is 12.3 Å². The number of pyridine rings is 1. The number of ether oxygens (including phenoxy) is 1. The number of anilines is 1. The molecule has 0 N–H and O–H groups in total. The third kappa shape index (κ3) is 2.26. The zero-order chi connectivity index (χ0) is 16.7. The summed E-state index contributed by atoms with van der Waals surface area (Å²) in [5.74, 6) is 2.75. The number of fused-ring (bicyclic) bond motifs is 1. The number of rotatable bonds is 3. The first-order valence-electron chi connectivity index (χ1n) is 8.30. The Bertz CT molecular complexity index is 808. The standard InChI is InChI=1S/C17H20N6O/c1-11-5-6-19-16(13(11)9-18)23-10-12(24-2)8-14(23)17-21-20-15-4-3-7-22(15)17/h5-6,12,14H,3-4,7-8,10H2,1-2H3/t12-,14+/m1/s1. The predicted molar refractivity (Wildman–Crippen MR) is 87.5 cm³/mol. The number of hydrogen-bond donors (Lipinski definition) is 0. The van der Waals surface area contributed by atoms with E-state index in [1.165, 1.54) is 0 Å². The molecule has 0 spiro atoms. The van der Waals surface area contributed by atoms with Gasteiger partial charge in [0.2, 0.25) is 0 Å². The Balaban J connectivity index is 1.78. The Morgan fingerprint density at radius 3 is 3.04 bits per heavy atom. The fourth-order valence-corrected chi connectivity index (χ4v) is 3.77. The third-order valence-electron chi connectivity index (χ3n) is 5.06. The Labute approximate surface area is 140 Å². The van der Waals surface area contributed by atoms with Crippen LogP contribution in [0.2, 0.25) is 0 Å². The molecule has 0 bridgehead atoms. The largest absolute Gasteiger partial charge is 0.380 e. The highest BCUT2D eigenvalue weighted by molar-refractivity contribution is 5.58. The first-order valence-corrected chi connectivity index (χ1v) is 8.30. The fraction of sp³-hybridized carbons (Fsp3) is 0.529. The van der Waals surface area contributed by atoms with E-state index >= 15 is 0 Å². The quantitative estimate of drug-likeness (QED) is 0.856. The average molecular weight is 324 g/mol. The van der Waals surface area contributed by atoms with E-state index in [0.717, 1.165) is 48.8 Å². The molecule has 0 aliphatic carbocycles. The Kier molecular flexibility index (Phi) is 3.69. The lowest BCUT2D eigenvalue weighted by Crippen LogP contribution is -2.28. The van der Waals surface area contributed by atoms with Crippen molar-refractivity contribution in [2.24, 2.45) is 0 Å². The molecule has 2 atom stereocenters. The molecule has 2 aromatic heterocycles. The lowest BCUT2D eigenvalue weighted by atomic mass is 10.1. The van der Waals surface area contributed by atoms with Crippen molar-refractivity contribution in [2.45, 2.75) is 44.9 Å². The highest BCUT2D eigenvalue weighted by Crippen LogP contribution is 2.38. The molecular formula is C17H20N6O.